The highest BCUT2D eigenvalue weighted by Crippen LogP contribution is 2.15. The van der Waals surface area contributed by atoms with Crippen LogP contribution in [0.25, 0.3) is 0 Å². The number of hydrazone groups is 1. The lowest BCUT2D eigenvalue weighted by atomic mass is 10.1. The number of anilines is 1. The van der Waals surface area contributed by atoms with Gasteiger partial charge in [0.25, 0.3) is 0 Å². The maximum atomic E-state index is 5.10. The van der Waals surface area contributed by atoms with Crippen molar-refractivity contribution in [2.75, 3.05) is 12.5 Å². The van der Waals surface area contributed by atoms with Crippen LogP contribution in [0.15, 0.2) is 59.7 Å². The topological polar surface area (TPSA) is 33.6 Å². The molecule has 0 saturated carbocycles. The molecule has 92 valence electrons. The largest absolute Gasteiger partial charge is 0.497 e. The molecule has 0 aliphatic carbocycles. The molecule has 2 rings (SSSR count). The molecule has 0 amide bonds. The SMILES string of the molecule is COc1ccc(N/N=C(\C)c2ccccc2)cc1. The van der Waals surface area contributed by atoms with E-state index in [1.54, 1.807) is 7.11 Å². The molecule has 0 aliphatic heterocycles. The molecule has 0 heterocycles. The molecular weight excluding hydrogens is 224 g/mol. The molecule has 0 bridgehead atoms. The highest BCUT2D eigenvalue weighted by atomic mass is 16.5. The first kappa shape index (κ1) is 12.2. The number of nitrogens with zero attached hydrogens (tertiary/aromatic N) is 1. The lowest BCUT2D eigenvalue weighted by molar-refractivity contribution is 0.415. The fourth-order valence-corrected chi connectivity index (χ4v) is 1.56. The number of nitrogens with one attached hydrogen (secondary N) is 1. The molecule has 0 aromatic heterocycles. The summed E-state index contributed by atoms with van der Waals surface area (Å²) in [6.45, 7) is 1.98. The monoisotopic (exact) mass is 240 g/mol. The summed E-state index contributed by atoms with van der Waals surface area (Å²) < 4.78 is 5.10. The standard InChI is InChI=1S/C15H16N2O/c1-12(13-6-4-3-5-7-13)16-17-14-8-10-15(18-2)11-9-14/h3-11,17H,1-2H3/b16-12+. The van der Waals surface area contributed by atoms with Crippen molar-refractivity contribution >= 4 is 11.4 Å². The number of hydrogen-bond acceptors (Lipinski definition) is 3. The van der Waals surface area contributed by atoms with E-state index in [0.29, 0.717) is 0 Å². The van der Waals surface area contributed by atoms with Crippen molar-refractivity contribution in [1.82, 2.24) is 0 Å². The van der Waals surface area contributed by atoms with Crippen LogP contribution in [0.3, 0.4) is 0 Å². The maximum Gasteiger partial charge on any atom is 0.119 e. The van der Waals surface area contributed by atoms with Crippen molar-refractivity contribution in [2.45, 2.75) is 6.92 Å². The maximum absolute atomic E-state index is 5.10. The molecule has 0 radical (unpaired) electrons. The molecule has 3 nitrogen and oxygen atoms in total. The molecule has 1 N–H and O–H groups in total. The summed E-state index contributed by atoms with van der Waals surface area (Å²) in [5.41, 5.74) is 6.02. The molecular formula is C15H16N2O. The quantitative estimate of drug-likeness (QED) is 0.655. The first-order valence-corrected chi connectivity index (χ1v) is 5.79. The Labute approximate surface area is 107 Å². The fourth-order valence-electron chi connectivity index (χ4n) is 1.56. The highest BCUT2D eigenvalue weighted by molar-refractivity contribution is 5.99. The summed E-state index contributed by atoms with van der Waals surface area (Å²) in [5.74, 6) is 0.837. The molecule has 0 aliphatic rings. The summed E-state index contributed by atoms with van der Waals surface area (Å²) >= 11 is 0. The summed E-state index contributed by atoms with van der Waals surface area (Å²) in [6, 6.07) is 17.7. The van der Waals surface area contributed by atoms with Crippen LogP contribution in [-0.2, 0) is 0 Å². The first-order valence-electron chi connectivity index (χ1n) is 5.79. The van der Waals surface area contributed by atoms with Crippen molar-refractivity contribution in [3.63, 3.8) is 0 Å². The zero-order valence-electron chi connectivity index (χ0n) is 10.6. The zero-order chi connectivity index (χ0) is 12.8. The second-order valence-corrected chi connectivity index (χ2v) is 3.90. The predicted molar refractivity (Wildman–Crippen MR) is 75.3 cm³/mol. The van der Waals surface area contributed by atoms with E-state index in [1.165, 1.54) is 0 Å². The lowest BCUT2D eigenvalue weighted by Crippen LogP contribution is -1.99. The minimum absolute atomic E-state index is 0.837. The van der Waals surface area contributed by atoms with Crippen molar-refractivity contribution in [3.8, 4) is 5.75 Å². The normalized spacial score (nSPS) is 11.1. The van der Waals surface area contributed by atoms with Crippen molar-refractivity contribution in [3.05, 3.63) is 60.2 Å². The van der Waals surface area contributed by atoms with E-state index >= 15 is 0 Å². The van der Waals surface area contributed by atoms with E-state index < -0.39 is 0 Å². The van der Waals surface area contributed by atoms with Gasteiger partial charge in [-0.3, -0.25) is 5.43 Å². The molecule has 2 aromatic rings. The van der Waals surface area contributed by atoms with Crippen molar-refractivity contribution in [2.24, 2.45) is 5.10 Å². The van der Waals surface area contributed by atoms with Crippen LogP contribution < -0.4 is 10.2 Å². The van der Waals surface area contributed by atoms with Gasteiger partial charge in [0.1, 0.15) is 5.75 Å². The van der Waals surface area contributed by atoms with Crippen LogP contribution >= 0.6 is 0 Å². The van der Waals surface area contributed by atoms with E-state index in [-0.39, 0.29) is 0 Å². The minimum Gasteiger partial charge on any atom is -0.497 e. The van der Waals surface area contributed by atoms with E-state index in [0.717, 1.165) is 22.7 Å². The molecule has 0 spiro atoms. The molecule has 0 fully saturated rings. The van der Waals surface area contributed by atoms with Crippen molar-refractivity contribution in [1.29, 1.82) is 0 Å². The average molecular weight is 240 g/mol. The third-order valence-corrected chi connectivity index (χ3v) is 2.63. The van der Waals surface area contributed by atoms with Gasteiger partial charge in [0.2, 0.25) is 0 Å². The Morgan fingerprint density at radius 1 is 1.00 bits per heavy atom. The van der Waals surface area contributed by atoms with E-state index in [9.17, 15) is 0 Å². The summed E-state index contributed by atoms with van der Waals surface area (Å²) in [7, 11) is 1.65. The zero-order valence-corrected chi connectivity index (χ0v) is 10.6. The number of ether oxygens (including phenoxy) is 1. The van der Waals surface area contributed by atoms with Crippen LogP contribution in [0, 0.1) is 0 Å². The minimum atomic E-state index is 0.837. The van der Waals surface area contributed by atoms with Gasteiger partial charge < -0.3 is 4.74 Å². The Kier molecular flexibility index (Phi) is 3.97. The van der Waals surface area contributed by atoms with Gasteiger partial charge in [0.05, 0.1) is 18.5 Å². The van der Waals surface area contributed by atoms with Crippen molar-refractivity contribution < 1.29 is 4.74 Å². The Bertz CT molecular complexity index is 518. The number of methoxy groups -OCH3 is 1. The van der Waals surface area contributed by atoms with Gasteiger partial charge in [-0.15, -0.1) is 0 Å². The molecule has 3 heteroatoms. The number of hydrogen-bond donors (Lipinski definition) is 1. The van der Waals surface area contributed by atoms with Crippen LogP contribution in [0.2, 0.25) is 0 Å². The van der Waals surface area contributed by atoms with Crippen LogP contribution in [-0.4, -0.2) is 12.8 Å². The third-order valence-electron chi connectivity index (χ3n) is 2.63. The Morgan fingerprint density at radius 3 is 2.28 bits per heavy atom. The first-order chi connectivity index (χ1) is 8.79. The van der Waals surface area contributed by atoms with Crippen LogP contribution in [0.5, 0.6) is 5.75 Å². The molecule has 2 aromatic carbocycles. The van der Waals surface area contributed by atoms with Gasteiger partial charge in [-0.05, 0) is 36.8 Å². The van der Waals surface area contributed by atoms with E-state index in [4.69, 9.17) is 4.74 Å². The van der Waals surface area contributed by atoms with E-state index in [1.807, 2.05) is 61.5 Å². The Morgan fingerprint density at radius 2 is 1.67 bits per heavy atom. The highest BCUT2D eigenvalue weighted by Gasteiger charge is 1.96. The lowest BCUT2D eigenvalue weighted by Gasteiger charge is -2.04. The van der Waals surface area contributed by atoms with Gasteiger partial charge in [0, 0.05) is 0 Å². The van der Waals surface area contributed by atoms with Gasteiger partial charge in [-0.25, -0.2) is 0 Å². The van der Waals surface area contributed by atoms with Gasteiger partial charge >= 0.3 is 0 Å². The summed E-state index contributed by atoms with van der Waals surface area (Å²) in [5, 5.41) is 4.35. The van der Waals surface area contributed by atoms with Gasteiger partial charge in [-0.2, -0.15) is 5.10 Å². The number of benzene rings is 2. The smallest absolute Gasteiger partial charge is 0.119 e. The molecule has 0 atom stereocenters. The van der Waals surface area contributed by atoms with Crippen LogP contribution in [0.4, 0.5) is 5.69 Å². The van der Waals surface area contributed by atoms with Crippen LogP contribution in [0.1, 0.15) is 12.5 Å². The second kappa shape index (κ2) is 5.87. The number of rotatable bonds is 4. The predicted octanol–water partition coefficient (Wildman–Crippen LogP) is 3.53. The summed E-state index contributed by atoms with van der Waals surface area (Å²) in [6.07, 6.45) is 0. The third kappa shape index (κ3) is 3.10. The Hall–Kier alpha value is -2.29. The Balaban J connectivity index is 2.05. The average Bonchev–Trinajstić information content (AvgIpc) is 2.46. The summed E-state index contributed by atoms with van der Waals surface area (Å²) in [4.78, 5) is 0. The second-order valence-electron chi connectivity index (χ2n) is 3.90. The van der Waals surface area contributed by atoms with Gasteiger partial charge in [-0.1, -0.05) is 30.3 Å². The molecule has 0 saturated heterocycles. The molecule has 18 heavy (non-hydrogen) atoms. The fraction of sp³-hybridized carbons (Fsp3) is 0.133. The molecule has 0 unspecified atom stereocenters. The van der Waals surface area contributed by atoms with Gasteiger partial charge in [0.15, 0.2) is 0 Å². The van der Waals surface area contributed by atoms with E-state index in [2.05, 4.69) is 10.5 Å².